The van der Waals surface area contributed by atoms with Gasteiger partial charge in [-0.15, -0.1) is 0 Å². The SMILES string of the molecule is CCOC(=O)N1CCN(C(=O)c2cnn3c(C(F)(F)F)cc(C4CC4)nc23)CC1. The maximum absolute atomic E-state index is 13.5. The summed E-state index contributed by atoms with van der Waals surface area (Å²) in [5, 5.41) is 3.79. The Morgan fingerprint density at radius 3 is 2.41 bits per heavy atom. The van der Waals surface area contributed by atoms with E-state index >= 15 is 0 Å². The van der Waals surface area contributed by atoms with Crippen LogP contribution in [0, 0.1) is 0 Å². The molecule has 0 N–H and O–H groups in total. The molecule has 29 heavy (non-hydrogen) atoms. The number of aromatic nitrogens is 3. The molecule has 4 rings (SSSR count). The Morgan fingerprint density at radius 2 is 1.83 bits per heavy atom. The number of hydrogen-bond acceptors (Lipinski definition) is 5. The van der Waals surface area contributed by atoms with Crippen LogP contribution < -0.4 is 0 Å². The number of amides is 2. The van der Waals surface area contributed by atoms with E-state index in [1.165, 1.54) is 9.80 Å². The Balaban J connectivity index is 1.60. The molecule has 0 bridgehead atoms. The molecule has 0 atom stereocenters. The highest BCUT2D eigenvalue weighted by atomic mass is 19.4. The molecule has 1 saturated heterocycles. The maximum atomic E-state index is 13.5. The van der Waals surface area contributed by atoms with Crippen LogP contribution in [0.4, 0.5) is 18.0 Å². The number of piperazine rings is 1. The highest BCUT2D eigenvalue weighted by Crippen LogP contribution is 2.41. The standard InChI is InChI=1S/C18H20F3N5O3/c1-2-29-17(28)25-7-5-24(6-8-25)16(27)12-10-22-26-14(18(19,20)21)9-13(11-3-4-11)23-15(12)26/h9-11H,2-8H2,1H3. The predicted molar refractivity (Wildman–Crippen MR) is 94.5 cm³/mol. The van der Waals surface area contributed by atoms with Crippen molar-refractivity contribution >= 4 is 17.6 Å². The number of nitrogens with zero attached hydrogens (tertiary/aromatic N) is 5. The fraction of sp³-hybridized carbons (Fsp3) is 0.556. The minimum Gasteiger partial charge on any atom is -0.450 e. The van der Waals surface area contributed by atoms with Crippen molar-refractivity contribution in [1.29, 1.82) is 0 Å². The molecule has 0 spiro atoms. The summed E-state index contributed by atoms with van der Waals surface area (Å²) >= 11 is 0. The summed E-state index contributed by atoms with van der Waals surface area (Å²) in [7, 11) is 0. The molecule has 2 fully saturated rings. The van der Waals surface area contributed by atoms with Gasteiger partial charge in [-0.2, -0.15) is 18.3 Å². The van der Waals surface area contributed by atoms with Gasteiger partial charge < -0.3 is 14.5 Å². The number of alkyl halides is 3. The third kappa shape index (κ3) is 3.73. The lowest BCUT2D eigenvalue weighted by molar-refractivity contribution is -0.142. The van der Waals surface area contributed by atoms with E-state index in [4.69, 9.17) is 4.74 Å². The van der Waals surface area contributed by atoms with Crippen molar-refractivity contribution in [3.05, 3.63) is 29.2 Å². The molecule has 0 radical (unpaired) electrons. The number of carbonyl (C=O) groups is 2. The van der Waals surface area contributed by atoms with Gasteiger partial charge >= 0.3 is 12.3 Å². The lowest BCUT2D eigenvalue weighted by Gasteiger charge is -2.33. The fourth-order valence-electron chi connectivity index (χ4n) is 3.40. The van der Waals surface area contributed by atoms with Crippen LogP contribution in [0.2, 0.25) is 0 Å². The smallest absolute Gasteiger partial charge is 0.433 e. The second kappa shape index (κ2) is 7.20. The third-order valence-corrected chi connectivity index (χ3v) is 5.10. The van der Waals surface area contributed by atoms with E-state index in [0.29, 0.717) is 23.3 Å². The van der Waals surface area contributed by atoms with E-state index in [0.717, 1.165) is 25.1 Å². The Morgan fingerprint density at radius 1 is 1.17 bits per heavy atom. The van der Waals surface area contributed by atoms with Crippen LogP contribution in [-0.4, -0.2) is 69.2 Å². The number of hydrogen-bond donors (Lipinski definition) is 0. The van der Waals surface area contributed by atoms with Crippen molar-refractivity contribution in [1.82, 2.24) is 24.4 Å². The van der Waals surface area contributed by atoms with Crippen LogP contribution in [0.1, 0.15) is 47.4 Å². The van der Waals surface area contributed by atoms with Gasteiger partial charge in [-0.25, -0.2) is 14.3 Å². The molecule has 1 aliphatic carbocycles. The lowest BCUT2D eigenvalue weighted by Crippen LogP contribution is -2.50. The molecule has 156 valence electrons. The van der Waals surface area contributed by atoms with E-state index in [1.807, 2.05) is 0 Å². The molecule has 8 nitrogen and oxygen atoms in total. The van der Waals surface area contributed by atoms with Crippen molar-refractivity contribution < 1.29 is 27.5 Å². The monoisotopic (exact) mass is 411 g/mol. The molecule has 0 aromatic carbocycles. The Labute approximate surface area is 164 Å². The molecule has 11 heteroatoms. The molecule has 2 aromatic heterocycles. The highest BCUT2D eigenvalue weighted by Gasteiger charge is 2.38. The van der Waals surface area contributed by atoms with Crippen molar-refractivity contribution in [2.45, 2.75) is 31.9 Å². The minimum atomic E-state index is -4.61. The van der Waals surface area contributed by atoms with Crippen LogP contribution in [0.5, 0.6) is 0 Å². The summed E-state index contributed by atoms with van der Waals surface area (Å²) in [5.74, 6) is -0.454. The Kier molecular flexibility index (Phi) is 4.83. The number of rotatable bonds is 3. The zero-order valence-electron chi connectivity index (χ0n) is 15.8. The number of halogens is 3. The van der Waals surface area contributed by atoms with E-state index in [1.54, 1.807) is 6.92 Å². The van der Waals surface area contributed by atoms with Gasteiger partial charge in [0.05, 0.1) is 12.8 Å². The van der Waals surface area contributed by atoms with E-state index < -0.39 is 23.9 Å². The maximum Gasteiger partial charge on any atom is 0.433 e. The van der Waals surface area contributed by atoms with Crippen LogP contribution in [-0.2, 0) is 10.9 Å². The average molecular weight is 411 g/mol. The first-order valence-electron chi connectivity index (χ1n) is 9.46. The highest BCUT2D eigenvalue weighted by molar-refractivity contribution is 5.99. The summed E-state index contributed by atoms with van der Waals surface area (Å²) in [4.78, 5) is 32.0. The Bertz CT molecular complexity index is 946. The lowest BCUT2D eigenvalue weighted by atomic mass is 10.2. The summed E-state index contributed by atoms with van der Waals surface area (Å²) in [6.45, 7) is 3.06. The van der Waals surface area contributed by atoms with Crippen molar-refractivity contribution in [3.8, 4) is 0 Å². The predicted octanol–water partition coefficient (Wildman–Crippen LogP) is 2.54. The van der Waals surface area contributed by atoms with Crippen molar-refractivity contribution in [3.63, 3.8) is 0 Å². The fourth-order valence-corrected chi connectivity index (χ4v) is 3.40. The van der Waals surface area contributed by atoms with Gasteiger partial charge in [-0.05, 0) is 25.8 Å². The molecule has 1 saturated carbocycles. The van der Waals surface area contributed by atoms with Gasteiger partial charge in [0.15, 0.2) is 5.65 Å². The summed E-state index contributed by atoms with van der Waals surface area (Å²) in [5.41, 5.74) is -0.649. The van der Waals surface area contributed by atoms with Gasteiger partial charge in [-0.1, -0.05) is 0 Å². The Hall–Kier alpha value is -2.85. The van der Waals surface area contributed by atoms with Crippen LogP contribution in [0.25, 0.3) is 5.65 Å². The molecule has 2 aliphatic rings. The number of ether oxygens (including phenoxy) is 1. The van der Waals surface area contributed by atoms with Gasteiger partial charge in [0, 0.05) is 37.8 Å². The summed E-state index contributed by atoms with van der Waals surface area (Å²) < 4.78 is 46.1. The van der Waals surface area contributed by atoms with Gasteiger partial charge in [0.25, 0.3) is 5.91 Å². The first-order valence-corrected chi connectivity index (χ1v) is 9.46. The van der Waals surface area contributed by atoms with E-state index in [-0.39, 0.29) is 36.8 Å². The first kappa shape index (κ1) is 19.5. The molecule has 2 amide bonds. The summed E-state index contributed by atoms with van der Waals surface area (Å²) in [6, 6.07) is 1.02. The zero-order valence-corrected chi connectivity index (χ0v) is 15.8. The zero-order chi connectivity index (χ0) is 20.8. The number of carbonyl (C=O) groups excluding carboxylic acids is 2. The van der Waals surface area contributed by atoms with Crippen LogP contribution in [0.15, 0.2) is 12.3 Å². The largest absolute Gasteiger partial charge is 0.450 e. The second-order valence-corrected chi connectivity index (χ2v) is 7.11. The third-order valence-electron chi connectivity index (χ3n) is 5.10. The van der Waals surface area contributed by atoms with E-state index in [2.05, 4.69) is 10.1 Å². The summed E-state index contributed by atoms with van der Waals surface area (Å²) in [6.07, 6.45) is -2.35. The number of fused-ring (bicyclic) bond motifs is 1. The molecule has 1 aliphatic heterocycles. The molecular formula is C18H20F3N5O3. The molecule has 0 unspecified atom stereocenters. The minimum absolute atomic E-state index is 0.00734. The quantitative estimate of drug-likeness (QED) is 0.776. The normalized spacial score (nSPS) is 17.7. The van der Waals surface area contributed by atoms with Crippen LogP contribution >= 0.6 is 0 Å². The van der Waals surface area contributed by atoms with Crippen molar-refractivity contribution in [2.75, 3.05) is 32.8 Å². The van der Waals surface area contributed by atoms with Gasteiger partial charge in [-0.3, -0.25) is 4.79 Å². The van der Waals surface area contributed by atoms with E-state index in [9.17, 15) is 22.8 Å². The molecular weight excluding hydrogens is 391 g/mol. The molecule has 2 aromatic rings. The van der Waals surface area contributed by atoms with Gasteiger partial charge in [0.1, 0.15) is 11.3 Å². The molecule has 3 heterocycles. The van der Waals surface area contributed by atoms with Gasteiger partial charge in [0.2, 0.25) is 0 Å². The van der Waals surface area contributed by atoms with Crippen LogP contribution in [0.3, 0.4) is 0 Å². The second-order valence-electron chi connectivity index (χ2n) is 7.11. The van der Waals surface area contributed by atoms with Crippen molar-refractivity contribution in [2.24, 2.45) is 0 Å². The average Bonchev–Trinajstić information content (AvgIpc) is 3.45. The topological polar surface area (TPSA) is 80.0 Å². The first-order chi connectivity index (χ1) is 13.8.